The fraction of sp³-hybridized carbons (Fsp3) is 0.538. The lowest BCUT2D eigenvalue weighted by molar-refractivity contribution is -0.144. The largest absolute Gasteiger partial charge is 0.481 e. The van der Waals surface area contributed by atoms with Crippen molar-refractivity contribution in [3.63, 3.8) is 0 Å². The highest BCUT2D eigenvalue weighted by Crippen LogP contribution is 2.01. The van der Waals surface area contributed by atoms with Crippen LogP contribution in [0, 0.1) is 0 Å². The molecule has 0 aliphatic rings. The summed E-state index contributed by atoms with van der Waals surface area (Å²) in [4.78, 5) is 67.0. The number of primary amides is 1. The number of amides is 3. The Morgan fingerprint density at radius 3 is 1.73 bits per heavy atom. The van der Waals surface area contributed by atoms with Crippen LogP contribution in [-0.4, -0.2) is 69.1 Å². The molecule has 13 heteroatoms. The van der Waals surface area contributed by atoms with Crippen LogP contribution >= 0.6 is 0 Å². The number of hydrogen-bond acceptors (Lipinski definition) is 7. The van der Waals surface area contributed by atoms with E-state index in [4.69, 9.17) is 26.8 Å². The van der Waals surface area contributed by atoms with Crippen molar-refractivity contribution in [1.29, 1.82) is 0 Å². The van der Waals surface area contributed by atoms with Crippen molar-refractivity contribution in [1.82, 2.24) is 10.6 Å². The van der Waals surface area contributed by atoms with Gasteiger partial charge in [0, 0.05) is 6.42 Å². The summed E-state index contributed by atoms with van der Waals surface area (Å²) in [7, 11) is 0. The fourth-order valence-electron chi connectivity index (χ4n) is 1.76. The van der Waals surface area contributed by atoms with E-state index in [2.05, 4.69) is 0 Å². The molecule has 0 rings (SSSR count). The smallest absolute Gasteiger partial charge is 0.326 e. The summed E-state index contributed by atoms with van der Waals surface area (Å²) in [5.74, 6) is -7.42. The van der Waals surface area contributed by atoms with Crippen molar-refractivity contribution < 1.29 is 44.1 Å². The maximum Gasteiger partial charge on any atom is 0.326 e. The molecule has 0 aromatic heterocycles. The highest BCUT2D eigenvalue weighted by Gasteiger charge is 2.30. The number of hydrogen-bond donors (Lipinski definition) is 7. The van der Waals surface area contributed by atoms with E-state index in [1.54, 1.807) is 0 Å². The zero-order valence-corrected chi connectivity index (χ0v) is 13.5. The number of carboxylic acid groups (broad SMARTS) is 3. The lowest BCUT2D eigenvalue weighted by atomic mass is 10.1. The van der Waals surface area contributed by atoms with Gasteiger partial charge >= 0.3 is 17.9 Å². The number of rotatable bonds is 12. The second-order valence-electron chi connectivity index (χ2n) is 5.27. The first-order valence-electron chi connectivity index (χ1n) is 7.25. The van der Waals surface area contributed by atoms with Crippen molar-refractivity contribution in [3.8, 4) is 0 Å². The Morgan fingerprint density at radius 1 is 0.808 bits per heavy atom. The molecule has 13 nitrogen and oxygen atoms in total. The van der Waals surface area contributed by atoms with E-state index in [-0.39, 0.29) is 12.8 Å². The van der Waals surface area contributed by atoms with E-state index in [1.165, 1.54) is 0 Å². The monoisotopic (exact) mass is 376 g/mol. The number of carboxylic acids is 3. The molecule has 3 amide bonds. The minimum Gasteiger partial charge on any atom is -0.481 e. The van der Waals surface area contributed by atoms with Crippen molar-refractivity contribution >= 4 is 35.6 Å². The molecule has 0 bridgehead atoms. The maximum absolute atomic E-state index is 12.1. The number of carbonyl (C=O) groups is 6. The van der Waals surface area contributed by atoms with Crippen LogP contribution in [0.15, 0.2) is 0 Å². The Kier molecular flexibility index (Phi) is 9.29. The molecule has 0 aromatic carbocycles. The Balaban J connectivity index is 5.08. The van der Waals surface area contributed by atoms with Crippen LogP contribution in [0.3, 0.4) is 0 Å². The second-order valence-corrected chi connectivity index (χ2v) is 5.27. The lowest BCUT2D eigenvalue weighted by Gasteiger charge is -2.21. The lowest BCUT2D eigenvalue weighted by Crippen LogP contribution is -2.55. The minimum atomic E-state index is -1.70. The molecule has 0 aliphatic heterocycles. The fourth-order valence-corrected chi connectivity index (χ4v) is 1.76. The van der Waals surface area contributed by atoms with Gasteiger partial charge in [-0.3, -0.25) is 24.0 Å². The summed E-state index contributed by atoms with van der Waals surface area (Å²) >= 11 is 0. The average Bonchev–Trinajstić information content (AvgIpc) is 2.48. The topological polar surface area (TPSA) is 239 Å². The SMILES string of the molecule is NC(=O)CCC(NC(=O)C(CC(=O)O)NC(=O)C(N)CC(=O)O)C(=O)O. The molecule has 0 heterocycles. The van der Waals surface area contributed by atoms with Crippen LogP contribution < -0.4 is 22.1 Å². The van der Waals surface area contributed by atoms with E-state index in [0.717, 1.165) is 0 Å². The molecule has 146 valence electrons. The number of carbonyl (C=O) groups excluding carboxylic acids is 3. The highest BCUT2D eigenvalue weighted by molar-refractivity contribution is 5.94. The Hall–Kier alpha value is -3.22. The third-order valence-electron chi connectivity index (χ3n) is 3.04. The summed E-state index contributed by atoms with van der Waals surface area (Å²) in [6.45, 7) is 0. The van der Waals surface area contributed by atoms with Crippen LogP contribution in [0.5, 0.6) is 0 Å². The molecule has 0 aliphatic carbocycles. The Morgan fingerprint density at radius 2 is 1.31 bits per heavy atom. The summed E-state index contributed by atoms with van der Waals surface area (Å²) in [5.41, 5.74) is 10.2. The Labute approximate surface area is 146 Å². The third-order valence-corrected chi connectivity index (χ3v) is 3.04. The highest BCUT2D eigenvalue weighted by atomic mass is 16.4. The van der Waals surface area contributed by atoms with Crippen LogP contribution in [0.4, 0.5) is 0 Å². The minimum absolute atomic E-state index is 0.345. The quantitative estimate of drug-likeness (QED) is 0.178. The summed E-state index contributed by atoms with van der Waals surface area (Å²) in [5, 5.41) is 30.3. The summed E-state index contributed by atoms with van der Waals surface area (Å²) in [6.07, 6.45) is -2.36. The summed E-state index contributed by atoms with van der Waals surface area (Å²) in [6, 6.07) is -4.78. The average molecular weight is 376 g/mol. The number of nitrogens with two attached hydrogens (primary N) is 2. The first-order chi connectivity index (χ1) is 11.9. The van der Waals surface area contributed by atoms with E-state index in [1.807, 2.05) is 10.6 Å². The van der Waals surface area contributed by atoms with Crippen molar-refractivity contribution in [3.05, 3.63) is 0 Å². The predicted octanol–water partition coefficient (Wildman–Crippen LogP) is -3.42. The van der Waals surface area contributed by atoms with Crippen LogP contribution in [0.25, 0.3) is 0 Å². The molecular weight excluding hydrogens is 356 g/mol. The molecule has 0 radical (unpaired) electrons. The van der Waals surface area contributed by atoms with Gasteiger partial charge in [0.25, 0.3) is 0 Å². The zero-order valence-electron chi connectivity index (χ0n) is 13.5. The second kappa shape index (κ2) is 10.6. The molecule has 0 saturated heterocycles. The maximum atomic E-state index is 12.1. The number of aliphatic carboxylic acids is 3. The molecule has 3 unspecified atom stereocenters. The standard InChI is InChI=1S/C13H20N4O9/c14-5(3-9(19)20)11(23)17-7(4-10(21)22)12(24)16-6(13(25)26)1-2-8(15)18/h5-7H,1-4,14H2,(H2,15,18)(H,16,24)(H,17,23)(H,19,20)(H,21,22)(H,25,26). The van der Waals surface area contributed by atoms with Crippen LogP contribution in [0.1, 0.15) is 25.7 Å². The van der Waals surface area contributed by atoms with Crippen molar-refractivity contribution in [2.75, 3.05) is 0 Å². The molecular formula is C13H20N4O9. The predicted molar refractivity (Wildman–Crippen MR) is 82.4 cm³/mol. The normalized spacial score (nSPS) is 13.7. The first kappa shape index (κ1) is 22.8. The molecule has 0 spiro atoms. The van der Waals surface area contributed by atoms with E-state index in [9.17, 15) is 28.8 Å². The van der Waals surface area contributed by atoms with Gasteiger partial charge in [-0.25, -0.2) is 4.79 Å². The van der Waals surface area contributed by atoms with Gasteiger partial charge in [0.1, 0.15) is 12.1 Å². The zero-order chi connectivity index (χ0) is 20.4. The van der Waals surface area contributed by atoms with Crippen LogP contribution in [0.2, 0.25) is 0 Å². The van der Waals surface area contributed by atoms with Gasteiger partial charge in [0.05, 0.1) is 18.9 Å². The summed E-state index contributed by atoms with van der Waals surface area (Å²) < 4.78 is 0. The van der Waals surface area contributed by atoms with Gasteiger partial charge in [-0.15, -0.1) is 0 Å². The molecule has 9 N–H and O–H groups in total. The third kappa shape index (κ3) is 9.17. The van der Waals surface area contributed by atoms with Crippen LogP contribution in [-0.2, 0) is 28.8 Å². The number of nitrogens with one attached hydrogen (secondary N) is 2. The first-order valence-corrected chi connectivity index (χ1v) is 7.25. The van der Waals surface area contributed by atoms with Crippen molar-refractivity contribution in [2.45, 2.75) is 43.8 Å². The van der Waals surface area contributed by atoms with Gasteiger partial charge in [-0.1, -0.05) is 0 Å². The van der Waals surface area contributed by atoms with Gasteiger partial charge in [-0.05, 0) is 6.42 Å². The van der Waals surface area contributed by atoms with E-state index < -0.39 is 66.6 Å². The van der Waals surface area contributed by atoms with E-state index >= 15 is 0 Å². The van der Waals surface area contributed by atoms with Gasteiger partial charge in [-0.2, -0.15) is 0 Å². The molecule has 0 aromatic rings. The van der Waals surface area contributed by atoms with Gasteiger partial charge in [0.2, 0.25) is 17.7 Å². The Bertz CT molecular complexity index is 592. The van der Waals surface area contributed by atoms with E-state index in [0.29, 0.717) is 0 Å². The molecule has 26 heavy (non-hydrogen) atoms. The molecule has 0 fully saturated rings. The molecule has 3 atom stereocenters. The molecule has 0 saturated carbocycles. The van der Waals surface area contributed by atoms with Gasteiger partial charge in [0.15, 0.2) is 0 Å². The van der Waals surface area contributed by atoms with Crippen molar-refractivity contribution in [2.24, 2.45) is 11.5 Å². The van der Waals surface area contributed by atoms with Gasteiger partial charge < -0.3 is 37.4 Å².